The van der Waals surface area contributed by atoms with E-state index in [2.05, 4.69) is 20.9 Å². The number of esters is 1. The first-order valence-electron chi connectivity index (χ1n) is 7.42. The van der Waals surface area contributed by atoms with Crippen molar-refractivity contribution in [3.05, 3.63) is 63.6 Å². The summed E-state index contributed by atoms with van der Waals surface area (Å²) in [4.78, 5) is 28.7. The minimum Gasteiger partial charge on any atom is -0.465 e. The highest BCUT2D eigenvalue weighted by atomic mass is 79.9. The molecule has 0 aliphatic carbocycles. The molecule has 0 bridgehead atoms. The van der Waals surface area contributed by atoms with Crippen LogP contribution in [-0.2, 0) is 9.53 Å². The van der Waals surface area contributed by atoms with Gasteiger partial charge in [0.25, 0.3) is 0 Å². The van der Waals surface area contributed by atoms with Crippen molar-refractivity contribution in [3.8, 4) is 0 Å². The lowest BCUT2D eigenvalue weighted by Crippen LogP contribution is -2.19. The standard InChI is InChI=1S/C19H18BrNO3/c1-12-4-9-16(10-13(12)2)21-17(19(23)24-3)11-18(22)14-5-7-15(20)8-6-14/h4-10H,11H2,1-3H3. The monoisotopic (exact) mass is 387 g/mol. The third kappa shape index (κ3) is 4.61. The van der Waals surface area contributed by atoms with Crippen molar-refractivity contribution in [2.45, 2.75) is 20.3 Å². The van der Waals surface area contributed by atoms with Crippen molar-refractivity contribution in [1.29, 1.82) is 0 Å². The number of carbonyl (C=O) groups is 2. The first-order valence-corrected chi connectivity index (χ1v) is 8.22. The Hall–Kier alpha value is -2.27. The molecule has 0 radical (unpaired) electrons. The molecule has 5 heteroatoms. The summed E-state index contributed by atoms with van der Waals surface area (Å²) >= 11 is 3.33. The molecule has 24 heavy (non-hydrogen) atoms. The average molecular weight is 388 g/mol. The normalized spacial score (nSPS) is 11.2. The summed E-state index contributed by atoms with van der Waals surface area (Å²) in [5.74, 6) is -0.783. The molecular formula is C19H18BrNO3. The molecule has 0 aromatic heterocycles. The van der Waals surface area contributed by atoms with Gasteiger partial charge in [0.1, 0.15) is 5.71 Å². The van der Waals surface area contributed by atoms with Gasteiger partial charge in [0.2, 0.25) is 0 Å². The molecule has 0 saturated heterocycles. The van der Waals surface area contributed by atoms with Crippen molar-refractivity contribution in [2.24, 2.45) is 4.99 Å². The fourth-order valence-corrected chi connectivity index (χ4v) is 2.38. The number of rotatable bonds is 5. The van der Waals surface area contributed by atoms with Crippen LogP contribution in [0.15, 0.2) is 51.9 Å². The fourth-order valence-electron chi connectivity index (χ4n) is 2.12. The molecule has 0 unspecified atom stereocenters. The van der Waals surface area contributed by atoms with E-state index in [1.165, 1.54) is 7.11 Å². The van der Waals surface area contributed by atoms with Crippen molar-refractivity contribution >= 4 is 39.1 Å². The van der Waals surface area contributed by atoms with E-state index in [1.54, 1.807) is 24.3 Å². The van der Waals surface area contributed by atoms with Crippen molar-refractivity contribution in [1.82, 2.24) is 0 Å². The van der Waals surface area contributed by atoms with Crippen LogP contribution in [0.5, 0.6) is 0 Å². The zero-order chi connectivity index (χ0) is 17.7. The smallest absolute Gasteiger partial charge is 0.352 e. The number of ketones is 1. The molecule has 0 fully saturated rings. The summed E-state index contributed by atoms with van der Waals surface area (Å²) in [6.07, 6.45) is -0.110. The molecule has 0 aliphatic heterocycles. The second kappa shape index (κ2) is 8.02. The van der Waals surface area contributed by atoms with Gasteiger partial charge in [-0.2, -0.15) is 0 Å². The summed E-state index contributed by atoms with van der Waals surface area (Å²) in [5, 5.41) is 0. The van der Waals surface area contributed by atoms with Gasteiger partial charge in [0, 0.05) is 10.0 Å². The Labute approximate surface area is 149 Å². The van der Waals surface area contributed by atoms with Crippen LogP contribution in [0.4, 0.5) is 5.69 Å². The lowest BCUT2D eigenvalue weighted by molar-refractivity contribution is -0.132. The summed E-state index contributed by atoms with van der Waals surface area (Å²) in [6.45, 7) is 3.97. The number of halogens is 1. The Morgan fingerprint density at radius 3 is 2.29 bits per heavy atom. The van der Waals surface area contributed by atoms with E-state index in [9.17, 15) is 9.59 Å². The molecule has 0 spiro atoms. The van der Waals surface area contributed by atoms with Crippen LogP contribution in [0.2, 0.25) is 0 Å². The van der Waals surface area contributed by atoms with E-state index in [0.29, 0.717) is 11.3 Å². The minimum absolute atomic E-state index is 0.0914. The zero-order valence-electron chi connectivity index (χ0n) is 13.8. The van der Waals surface area contributed by atoms with Gasteiger partial charge in [-0.3, -0.25) is 4.79 Å². The average Bonchev–Trinajstić information content (AvgIpc) is 2.57. The lowest BCUT2D eigenvalue weighted by Gasteiger charge is -2.06. The number of methoxy groups -OCH3 is 1. The third-order valence-electron chi connectivity index (χ3n) is 3.67. The van der Waals surface area contributed by atoms with Crippen LogP contribution in [0, 0.1) is 13.8 Å². The number of hydrogen-bond acceptors (Lipinski definition) is 4. The molecule has 0 amide bonds. The molecular weight excluding hydrogens is 370 g/mol. The predicted molar refractivity (Wildman–Crippen MR) is 98.1 cm³/mol. The molecule has 0 N–H and O–H groups in total. The van der Waals surface area contributed by atoms with Crippen molar-refractivity contribution in [3.63, 3.8) is 0 Å². The lowest BCUT2D eigenvalue weighted by atomic mass is 10.1. The summed E-state index contributed by atoms with van der Waals surface area (Å²) in [6, 6.07) is 12.6. The molecule has 0 atom stereocenters. The molecule has 0 heterocycles. The van der Waals surface area contributed by atoms with Crippen LogP contribution in [-0.4, -0.2) is 24.6 Å². The highest BCUT2D eigenvalue weighted by Crippen LogP contribution is 2.19. The topological polar surface area (TPSA) is 55.7 Å². The van der Waals surface area contributed by atoms with E-state index in [0.717, 1.165) is 15.6 Å². The van der Waals surface area contributed by atoms with Crippen LogP contribution in [0.3, 0.4) is 0 Å². The highest BCUT2D eigenvalue weighted by molar-refractivity contribution is 9.10. The first kappa shape index (κ1) is 18.1. The largest absolute Gasteiger partial charge is 0.465 e. The van der Waals surface area contributed by atoms with Crippen molar-refractivity contribution in [2.75, 3.05) is 7.11 Å². The van der Waals surface area contributed by atoms with Gasteiger partial charge in [0.15, 0.2) is 5.78 Å². The van der Waals surface area contributed by atoms with Crippen LogP contribution in [0.1, 0.15) is 27.9 Å². The van der Waals surface area contributed by atoms with E-state index >= 15 is 0 Å². The van der Waals surface area contributed by atoms with E-state index < -0.39 is 5.97 Å². The fraction of sp³-hybridized carbons (Fsp3) is 0.211. The number of carbonyl (C=O) groups excluding carboxylic acids is 2. The number of benzene rings is 2. The maximum atomic E-state index is 12.4. The van der Waals surface area contributed by atoms with Gasteiger partial charge >= 0.3 is 5.97 Å². The summed E-state index contributed by atoms with van der Waals surface area (Å²) in [5.41, 5.74) is 3.45. The molecule has 2 rings (SSSR count). The van der Waals surface area contributed by atoms with Gasteiger partial charge in [-0.05, 0) is 49.2 Å². The number of hydrogen-bond donors (Lipinski definition) is 0. The molecule has 0 aliphatic rings. The van der Waals surface area contributed by atoms with E-state index in [1.807, 2.05) is 32.0 Å². The van der Waals surface area contributed by atoms with Gasteiger partial charge in [0.05, 0.1) is 19.2 Å². The maximum absolute atomic E-state index is 12.4. The molecule has 2 aromatic rings. The number of nitrogens with zero attached hydrogens (tertiary/aromatic N) is 1. The maximum Gasteiger partial charge on any atom is 0.352 e. The minimum atomic E-state index is -0.598. The Morgan fingerprint density at radius 1 is 1.04 bits per heavy atom. The number of aryl methyl sites for hydroxylation is 2. The summed E-state index contributed by atoms with van der Waals surface area (Å²) in [7, 11) is 1.28. The summed E-state index contributed by atoms with van der Waals surface area (Å²) < 4.78 is 5.65. The van der Waals surface area contributed by atoms with Gasteiger partial charge in [-0.1, -0.05) is 34.1 Å². The first-order chi connectivity index (χ1) is 11.4. The molecule has 124 valence electrons. The quantitative estimate of drug-likeness (QED) is 0.428. The van der Waals surface area contributed by atoms with Crippen molar-refractivity contribution < 1.29 is 14.3 Å². The highest BCUT2D eigenvalue weighted by Gasteiger charge is 2.18. The van der Waals surface area contributed by atoms with E-state index in [-0.39, 0.29) is 17.9 Å². The van der Waals surface area contributed by atoms with Crippen LogP contribution < -0.4 is 0 Å². The van der Waals surface area contributed by atoms with Crippen LogP contribution >= 0.6 is 15.9 Å². The Balaban J connectivity index is 2.29. The second-order valence-corrected chi connectivity index (χ2v) is 6.34. The van der Waals surface area contributed by atoms with Gasteiger partial charge < -0.3 is 4.74 Å². The molecule has 4 nitrogen and oxygen atoms in total. The van der Waals surface area contributed by atoms with Gasteiger partial charge in [-0.15, -0.1) is 0 Å². The number of ether oxygens (including phenoxy) is 1. The zero-order valence-corrected chi connectivity index (χ0v) is 15.4. The number of Topliss-reactive ketones (excluding diaryl/α,β-unsaturated/α-hetero) is 1. The Bertz CT molecular complexity index is 795. The van der Waals surface area contributed by atoms with E-state index in [4.69, 9.17) is 4.74 Å². The molecule has 2 aromatic carbocycles. The third-order valence-corrected chi connectivity index (χ3v) is 4.20. The van der Waals surface area contributed by atoms with Crippen LogP contribution in [0.25, 0.3) is 0 Å². The second-order valence-electron chi connectivity index (χ2n) is 5.43. The number of aliphatic imine (C=N–C) groups is 1. The van der Waals surface area contributed by atoms with Gasteiger partial charge in [-0.25, -0.2) is 9.79 Å². The SMILES string of the molecule is COC(=O)C(CC(=O)c1ccc(Br)cc1)=Nc1ccc(C)c(C)c1. The predicted octanol–water partition coefficient (Wildman–Crippen LogP) is 4.58. The Kier molecular flexibility index (Phi) is 6.04. The Morgan fingerprint density at radius 2 is 1.71 bits per heavy atom. The molecule has 0 saturated carbocycles.